The lowest BCUT2D eigenvalue weighted by atomic mass is 9.76. The molecule has 2 atom stereocenters. The van der Waals surface area contributed by atoms with Crippen molar-refractivity contribution in [3.63, 3.8) is 0 Å². The van der Waals surface area contributed by atoms with E-state index in [9.17, 15) is 14.7 Å². The number of carboxylic acid groups (broad SMARTS) is 1. The molecule has 31 heavy (non-hydrogen) atoms. The van der Waals surface area contributed by atoms with Crippen LogP contribution >= 0.6 is 0 Å². The minimum absolute atomic E-state index is 0.179. The largest absolute Gasteiger partial charge is 0.480 e. The second-order valence-corrected chi connectivity index (χ2v) is 8.17. The molecular weight excluding hydrogens is 386 g/mol. The second-order valence-electron chi connectivity index (χ2n) is 8.17. The molecule has 0 heterocycles. The van der Waals surface area contributed by atoms with Crippen LogP contribution in [-0.4, -0.2) is 22.9 Å². The van der Waals surface area contributed by atoms with Gasteiger partial charge in [0.05, 0.1) is 5.54 Å². The van der Waals surface area contributed by atoms with Crippen molar-refractivity contribution in [3.05, 3.63) is 108 Å². The summed E-state index contributed by atoms with van der Waals surface area (Å²) in [6, 6.07) is 28.9. The fourth-order valence-electron chi connectivity index (χ4n) is 4.72. The Kier molecular flexibility index (Phi) is 6.28. The van der Waals surface area contributed by atoms with Gasteiger partial charge < -0.3 is 5.11 Å². The average Bonchev–Trinajstić information content (AvgIpc) is 3.22. The Labute approximate surface area is 182 Å². The first-order valence-corrected chi connectivity index (χ1v) is 10.8. The minimum Gasteiger partial charge on any atom is -0.480 e. The van der Waals surface area contributed by atoms with Gasteiger partial charge in [-0.25, -0.2) is 0 Å². The molecular formula is C27H27NO3. The van der Waals surface area contributed by atoms with Crippen molar-refractivity contribution >= 4 is 11.8 Å². The smallest absolute Gasteiger partial charge is 0.320 e. The van der Waals surface area contributed by atoms with Gasteiger partial charge in [-0.2, -0.15) is 0 Å². The van der Waals surface area contributed by atoms with E-state index in [1.165, 1.54) is 0 Å². The van der Waals surface area contributed by atoms with Gasteiger partial charge >= 0.3 is 5.97 Å². The summed E-state index contributed by atoms with van der Waals surface area (Å²) < 4.78 is 0. The van der Waals surface area contributed by atoms with E-state index >= 15 is 0 Å². The maximum absolute atomic E-state index is 12.4. The third-order valence-corrected chi connectivity index (χ3v) is 6.26. The van der Waals surface area contributed by atoms with Gasteiger partial charge in [-0.15, -0.1) is 0 Å². The van der Waals surface area contributed by atoms with E-state index in [0.29, 0.717) is 12.8 Å². The fraction of sp³-hybridized carbons (Fsp3) is 0.259. The number of hydrogen-bond acceptors (Lipinski definition) is 3. The number of nitrogens with one attached hydrogen (secondary N) is 1. The van der Waals surface area contributed by atoms with Crippen molar-refractivity contribution in [2.75, 3.05) is 0 Å². The number of rotatable bonds is 8. The van der Waals surface area contributed by atoms with Crippen molar-refractivity contribution < 1.29 is 14.7 Å². The summed E-state index contributed by atoms with van der Waals surface area (Å²) >= 11 is 0. The third kappa shape index (κ3) is 4.30. The maximum Gasteiger partial charge on any atom is 0.320 e. The van der Waals surface area contributed by atoms with Crippen LogP contribution in [0.3, 0.4) is 0 Å². The molecule has 3 aromatic carbocycles. The highest BCUT2D eigenvalue weighted by atomic mass is 16.4. The summed E-state index contributed by atoms with van der Waals surface area (Å²) in [5, 5.41) is 13.7. The first kappa shape index (κ1) is 21.0. The number of carbonyl (C=O) groups excluding carboxylic acids is 1. The van der Waals surface area contributed by atoms with Crippen LogP contribution in [0.2, 0.25) is 0 Å². The van der Waals surface area contributed by atoms with Crippen LogP contribution in [0.5, 0.6) is 0 Å². The number of carboxylic acids is 1. The first-order valence-electron chi connectivity index (χ1n) is 10.8. The van der Waals surface area contributed by atoms with Crippen molar-refractivity contribution in [3.8, 4) is 0 Å². The Hall–Kier alpha value is -3.24. The molecule has 1 fully saturated rings. The summed E-state index contributed by atoms with van der Waals surface area (Å²) in [4.78, 5) is 24.7. The molecule has 0 aromatic heterocycles. The van der Waals surface area contributed by atoms with E-state index in [0.717, 1.165) is 29.5 Å². The quantitative estimate of drug-likeness (QED) is 0.522. The van der Waals surface area contributed by atoms with E-state index in [4.69, 9.17) is 0 Å². The summed E-state index contributed by atoms with van der Waals surface area (Å²) in [6.45, 7) is 0. The van der Waals surface area contributed by atoms with Gasteiger partial charge in [-0.1, -0.05) is 91.0 Å². The first-order chi connectivity index (χ1) is 15.1. The van der Waals surface area contributed by atoms with Crippen LogP contribution in [0.1, 0.15) is 42.4 Å². The Bertz CT molecular complexity index is 921. The van der Waals surface area contributed by atoms with E-state index in [1.807, 2.05) is 91.0 Å². The molecule has 4 rings (SSSR count). The molecule has 0 saturated heterocycles. The summed E-state index contributed by atoms with van der Waals surface area (Å²) in [5.74, 6) is -0.960. The zero-order valence-electron chi connectivity index (χ0n) is 17.4. The Balaban J connectivity index is 1.86. The Morgan fingerprint density at radius 2 is 1.32 bits per heavy atom. The molecule has 1 aliphatic carbocycles. The molecule has 1 unspecified atom stereocenters. The highest BCUT2D eigenvalue weighted by Crippen LogP contribution is 2.38. The number of benzene rings is 3. The lowest BCUT2D eigenvalue weighted by molar-refractivity contribution is -0.140. The zero-order chi connectivity index (χ0) is 21.7. The molecule has 0 spiro atoms. The number of hydrogen-bond donors (Lipinski definition) is 2. The molecule has 1 aliphatic rings. The van der Waals surface area contributed by atoms with Crippen molar-refractivity contribution in [2.24, 2.45) is 5.92 Å². The van der Waals surface area contributed by atoms with Crippen LogP contribution in [0.4, 0.5) is 0 Å². The lowest BCUT2D eigenvalue weighted by Gasteiger charge is -2.39. The van der Waals surface area contributed by atoms with Crippen LogP contribution in [0.15, 0.2) is 91.0 Å². The molecule has 3 aromatic rings. The number of ketones is 1. The Morgan fingerprint density at radius 1 is 0.871 bits per heavy atom. The van der Waals surface area contributed by atoms with Gasteiger partial charge in [-0.05, 0) is 36.0 Å². The van der Waals surface area contributed by atoms with E-state index in [2.05, 4.69) is 5.32 Å². The van der Waals surface area contributed by atoms with Gasteiger partial charge in [0.15, 0.2) is 0 Å². The van der Waals surface area contributed by atoms with E-state index in [1.54, 1.807) is 0 Å². The number of carbonyl (C=O) groups is 2. The number of aliphatic carboxylic acids is 1. The lowest BCUT2D eigenvalue weighted by Crippen LogP contribution is -2.53. The monoisotopic (exact) mass is 413 g/mol. The topological polar surface area (TPSA) is 66.4 Å². The molecule has 4 heteroatoms. The van der Waals surface area contributed by atoms with E-state index < -0.39 is 17.6 Å². The summed E-state index contributed by atoms with van der Waals surface area (Å²) in [6.07, 6.45) is 2.46. The normalized spacial score (nSPS) is 17.4. The molecule has 0 aliphatic heterocycles. The highest BCUT2D eigenvalue weighted by Gasteiger charge is 2.41. The van der Waals surface area contributed by atoms with Crippen LogP contribution in [0, 0.1) is 5.92 Å². The van der Waals surface area contributed by atoms with Crippen LogP contribution < -0.4 is 5.32 Å². The van der Waals surface area contributed by atoms with Crippen LogP contribution in [0.25, 0.3) is 0 Å². The molecule has 0 radical (unpaired) electrons. The summed E-state index contributed by atoms with van der Waals surface area (Å²) in [5.41, 5.74) is 2.00. The van der Waals surface area contributed by atoms with Crippen molar-refractivity contribution in [1.29, 1.82) is 0 Å². The van der Waals surface area contributed by atoms with E-state index in [-0.39, 0.29) is 11.7 Å². The van der Waals surface area contributed by atoms with Gasteiger partial charge in [-0.3, -0.25) is 14.9 Å². The van der Waals surface area contributed by atoms with Crippen molar-refractivity contribution in [1.82, 2.24) is 5.32 Å². The standard InChI is InChI=1S/C27H27NO3/c29-25-18-10-11-20(25)19-24(26(30)31)28-27(21-12-4-1-5-13-21,22-14-6-2-7-15-22)23-16-8-3-9-17-23/h1-9,12-17,20,24,28H,10-11,18-19H2,(H,30,31)/t20?,24-/m0/s1. The highest BCUT2D eigenvalue weighted by molar-refractivity contribution is 5.84. The molecule has 1 saturated carbocycles. The second kappa shape index (κ2) is 9.27. The fourth-order valence-corrected chi connectivity index (χ4v) is 4.72. The summed E-state index contributed by atoms with van der Waals surface area (Å²) in [7, 11) is 0. The van der Waals surface area contributed by atoms with Crippen molar-refractivity contribution in [2.45, 2.75) is 37.3 Å². The average molecular weight is 414 g/mol. The molecule has 0 bridgehead atoms. The SMILES string of the molecule is O=C1CCCC1C[C@H](NC(c1ccccc1)(c1ccccc1)c1ccccc1)C(=O)O. The van der Waals surface area contributed by atoms with Gasteiger partial charge in [0.1, 0.15) is 11.8 Å². The number of Topliss-reactive ketones (excluding diaryl/α,β-unsaturated/α-hetero) is 1. The predicted octanol–water partition coefficient (Wildman–Crippen LogP) is 4.78. The van der Waals surface area contributed by atoms with Gasteiger partial charge in [0.2, 0.25) is 0 Å². The van der Waals surface area contributed by atoms with Gasteiger partial charge in [0.25, 0.3) is 0 Å². The minimum atomic E-state index is -0.938. The van der Waals surface area contributed by atoms with Crippen LogP contribution in [-0.2, 0) is 15.1 Å². The maximum atomic E-state index is 12.4. The molecule has 0 amide bonds. The molecule has 2 N–H and O–H groups in total. The Morgan fingerprint density at radius 3 is 1.68 bits per heavy atom. The molecule has 158 valence electrons. The van der Waals surface area contributed by atoms with Gasteiger partial charge in [0, 0.05) is 12.3 Å². The zero-order valence-corrected chi connectivity index (χ0v) is 17.4. The molecule has 4 nitrogen and oxygen atoms in total. The predicted molar refractivity (Wildman–Crippen MR) is 121 cm³/mol. The third-order valence-electron chi connectivity index (χ3n) is 6.26.